The molecule has 1 aliphatic rings. The minimum absolute atomic E-state index is 0.0453. The number of carbonyl (C=O) groups excluding carboxylic acids is 2. The van der Waals surface area contributed by atoms with Gasteiger partial charge < -0.3 is 9.84 Å². The molecule has 1 aliphatic heterocycles. The van der Waals surface area contributed by atoms with E-state index in [4.69, 9.17) is 4.74 Å². The van der Waals surface area contributed by atoms with Crippen LogP contribution in [-0.4, -0.2) is 33.6 Å². The topological polar surface area (TPSA) is 92.6 Å². The lowest BCUT2D eigenvalue weighted by atomic mass is 9.95. The Hall–Kier alpha value is -4.28. The quantitative estimate of drug-likeness (QED) is 0.0712. The Morgan fingerprint density at radius 3 is 2.63 bits per heavy atom. The van der Waals surface area contributed by atoms with Crippen molar-refractivity contribution in [3.05, 3.63) is 119 Å². The fourth-order valence-corrected chi connectivity index (χ4v) is 6.42. The van der Waals surface area contributed by atoms with Crippen LogP contribution >= 0.6 is 23.1 Å². The van der Waals surface area contributed by atoms with E-state index in [1.165, 1.54) is 46.2 Å². The van der Waals surface area contributed by atoms with Gasteiger partial charge >= 0.3 is 0 Å². The van der Waals surface area contributed by atoms with Gasteiger partial charge in [-0.3, -0.25) is 14.5 Å². The van der Waals surface area contributed by atoms with E-state index >= 15 is 0 Å². The molecule has 1 atom stereocenters. The molecule has 0 radical (unpaired) electrons. The normalized spacial score (nSPS) is 15.1. The third-order valence-electron chi connectivity index (χ3n) is 6.77. The maximum atomic E-state index is 13.6. The molecule has 0 aliphatic carbocycles. The summed E-state index contributed by atoms with van der Waals surface area (Å²) < 4.78 is 19.8. The number of aliphatic hydroxyl groups is 1. The maximum Gasteiger partial charge on any atom is 0.296 e. The van der Waals surface area contributed by atoms with Crippen molar-refractivity contribution < 1.29 is 23.8 Å². The second kappa shape index (κ2) is 14.3. The summed E-state index contributed by atoms with van der Waals surface area (Å²) in [6.07, 6.45) is 6.04. The van der Waals surface area contributed by atoms with Gasteiger partial charge in [-0.15, -0.1) is 10.2 Å². The molecule has 1 amide bonds. The number of ether oxygens (including phenoxy) is 1. The summed E-state index contributed by atoms with van der Waals surface area (Å²) in [6, 6.07) is 21.8. The first-order valence-corrected chi connectivity index (χ1v) is 15.7. The number of anilines is 1. The van der Waals surface area contributed by atoms with E-state index in [1.807, 2.05) is 36.4 Å². The lowest BCUT2D eigenvalue weighted by Crippen LogP contribution is -2.30. The van der Waals surface area contributed by atoms with Crippen molar-refractivity contribution in [1.82, 2.24) is 10.2 Å². The van der Waals surface area contributed by atoms with Gasteiger partial charge in [-0.2, -0.15) is 0 Å². The summed E-state index contributed by atoms with van der Waals surface area (Å²) in [7, 11) is 0. The lowest BCUT2D eigenvalue weighted by molar-refractivity contribution is -0.117. The van der Waals surface area contributed by atoms with Crippen LogP contribution in [0.3, 0.4) is 0 Å². The monoisotopic (exact) mass is 615 g/mol. The predicted molar refractivity (Wildman–Crippen MR) is 168 cm³/mol. The summed E-state index contributed by atoms with van der Waals surface area (Å²) in [5.74, 6) is -1.03. The number of aliphatic hydroxyl groups excluding tert-OH is 1. The number of nitrogens with zero attached hydrogens (tertiary/aromatic N) is 3. The Morgan fingerprint density at radius 1 is 1.07 bits per heavy atom. The van der Waals surface area contributed by atoms with Crippen LogP contribution < -0.4 is 9.64 Å². The van der Waals surface area contributed by atoms with E-state index in [-0.39, 0.29) is 16.5 Å². The van der Waals surface area contributed by atoms with Gasteiger partial charge in [-0.1, -0.05) is 104 Å². The highest BCUT2D eigenvalue weighted by molar-refractivity contribution is 8.00. The maximum absolute atomic E-state index is 13.6. The molecule has 43 heavy (non-hydrogen) atoms. The lowest BCUT2D eigenvalue weighted by Gasteiger charge is -2.24. The van der Waals surface area contributed by atoms with Gasteiger partial charge in [0.1, 0.15) is 11.6 Å². The van der Waals surface area contributed by atoms with Crippen LogP contribution in [0, 0.1) is 5.82 Å². The molecule has 0 bridgehead atoms. The van der Waals surface area contributed by atoms with Crippen molar-refractivity contribution in [3.63, 3.8) is 0 Å². The number of amides is 1. The van der Waals surface area contributed by atoms with E-state index in [9.17, 15) is 19.1 Å². The highest BCUT2D eigenvalue weighted by atomic mass is 32.2. The number of hydrogen-bond acceptors (Lipinski definition) is 8. The molecular weight excluding hydrogens is 586 g/mol. The van der Waals surface area contributed by atoms with E-state index in [2.05, 4.69) is 17.1 Å². The molecular formula is C33H30FN3O4S2. The van der Waals surface area contributed by atoms with E-state index < -0.39 is 23.5 Å². The van der Waals surface area contributed by atoms with Crippen LogP contribution in [0.15, 0.2) is 101 Å². The summed E-state index contributed by atoms with van der Waals surface area (Å²) in [5.41, 5.74) is 2.27. The highest BCUT2D eigenvalue weighted by Crippen LogP contribution is 2.44. The number of benzene rings is 3. The SMILES string of the molecule is CCCCCOc1cccc(C2C(C(=O)C=Cc3ccccc3)=C(O)C(=O)N2c2nnc(SCc3ccc(F)cc3)s2)c1. The summed E-state index contributed by atoms with van der Waals surface area (Å²) in [5, 5.41) is 19.8. The molecule has 1 unspecified atom stereocenters. The van der Waals surface area contributed by atoms with Crippen LogP contribution in [0.4, 0.5) is 9.52 Å². The van der Waals surface area contributed by atoms with Crippen LogP contribution in [0.5, 0.6) is 5.75 Å². The molecule has 5 rings (SSSR count). The summed E-state index contributed by atoms with van der Waals surface area (Å²) in [4.78, 5) is 28.4. The zero-order valence-corrected chi connectivity index (χ0v) is 25.1. The van der Waals surface area contributed by atoms with Gasteiger partial charge in [0.05, 0.1) is 18.2 Å². The number of unbranched alkanes of at least 4 members (excludes halogenated alkanes) is 2. The van der Waals surface area contributed by atoms with Gasteiger partial charge in [-0.05, 0) is 53.5 Å². The number of ketones is 1. The minimum Gasteiger partial charge on any atom is -0.503 e. The fourth-order valence-electron chi connectivity index (χ4n) is 4.60. The van der Waals surface area contributed by atoms with E-state index in [0.717, 1.165) is 30.4 Å². The molecule has 1 N–H and O–H groups in total. The average Bonchev–Trinajstić information content (AvgIpc) is 3.60. The van der Waals surface area contributed by atoms with Crippen LogP contribution in [0.2, 0.25) is 0 Å². The van der Waals surface area contributed by atoms with Crippen LogP contribution in [-0.2, 0) is 15.3 Å². The van der Waals surface area contributed by atoms with Crippen molar-refractivity contribution in [2.45, 2.75) is 42.3 Å². The van der Waals surface area contributed by atoms with Crippen LogP contribution in [0.25, 0.3) is 6.08 Å². The minimum atomic E-state index is -0.942. The number of allylic oxidation sites excluding steroid dienone is 1. The molecule has 0 fully saturated rings. The third kappa shape index (κ3) is 7.39. The van der Waals surface area contributed by atoms with Gasteiger partial charge in [-0.25, -0.2) is 4.39 Å². The molecule has 3 aromatic carbocycles. The molecule has 0 saturated heterocycles. The van der Waals surface area contributed by atoms with Crippen molar-refractivity contribution in [3.8, 4) is 5.75 Å². The fraction of sp³-hybridized carbons (Fsp3) is 0.212. The highest BCUT2D eigenvalue weighted by Gasteiger charge is 2.45. The van der Waals surface area contributed by atoms with Gasteiger partial charge in [0, 0.05) is 5.75 Å². The Kier molecular flexibility index (Phi) is 10.0. The first-order valence-electron chi connectivity index (χ1n) is 13.9. The summed E-state index contributed by atoms with van der Waals surface area (Å²) in [6.45, 7) is 2.67. The largest absolute Gasteiger partial charge is 0.503 e. The summed E-state index contributed by atoms with van der Waals surface area (Å²) >= 11 is 2.57. The van der Waals surface area contributed by atoms with Crippen molar-refractivity contribution >= 4 is 46.0 Å². The second-order valence-electron chi connectivity index (χ2n) is 9.84. The smallest absolute Gasteiger partial charge is 0.296 e. The molecule has 0 saturated carbocycles. The molecule has 1 aromatic heterocycles. The standard InChI is InChI=1S/C33H30FN3O4S2/c1-2-3-7-19-41-26-12-8-11-24(20-26)29-28(27(38)18-15-22-9-5-4-6-10-22)30(39)31(40)37(29)32-35-36-33(43-32)42-21-23-13-16-25(34)17-14-23/h4-6,8-18,20,29,39H,2-3,7,19,21H2,1H3. The number of thioether (sulfide) groups is 1. The van der Waals surface area contributed by atoms with Crippen molar-refractivity contribution in [2.24, 2.45) is 0 Å². The first-order chi connectivity index (χ1) is 20.9. The van der Waals surface area contributed by atoms with Gasteiger partial charge in [0.15, 0.2) is 15.9 Å². The van der Waals surface area contributed by atoms with Crippen LogP contribution in [0.1, 0.15) is 48.9 Å². The Labute approximate surface area is 257 Å². The van der Waals surface area contributed by atoms with Crippen molar-refractivity contribution in [1.29, 1.82) is 0 Å². The average molecular weight is 616 g/mol. The number of hydrogen-bond donors (Lipinski definition) is 1. The molecule has 10 heteroatoms. The second-order valence-corrected chi connectivity index (χ2v) is 12.0. The van der Waals surface area contributed by atoms with E-state index in [0.29, 0.717) is 28.0 Å². The Morgan fingerprint density at radius 2 is 1.86 bits per heavy atom. The first kappa shape index (κ1) is 30.2. The number of halogens is 1. The number of rotatable bonds is 13. The Balaban J connectivity index is 1.45. The number of carbonyl (C=O) groups is 2. The zero-order chi connectivity index (χ0) is 30.2. The zero-order valence-electron chi connectivity index (χ0n) is 23.5. The molecule has 220 valence electrons. The van der Waals surface area contributed by atoms with Gasteiger partial charge in [0.25, 0.3) is 5.91 Å². The van der Waals surface area contributed by atoms with Crippen molar-refractivity contribution in [2.75, 3.05) is 11.5 Å². The molecule has 7 nitrogen and oxygen atoms in total. The molecule has 4 aromatic rings. The number of aromatic nitrogens is 2. The Bertz CT molecular complexity index is 1640. The molecule has 2 heterocycles. The molecule has 0 spiro atoms. The van der Waals surface area contributed by atoms with Gasteiger partial charge in [0.2, 0.25) is 5.13 Å². The predicted octanol–water partition coefficient (Wildman–Crippen LogP) is 7.72. The van der Waals surface area contributed by atoms with E-state index in [1.54, 1.807) is 36.4 Å². The third-order valence-corrected chi connectivity index (χ3v) is 8.90.